The predicted molar refractivity (Wildman–Crippen MR) is 62.0 cm³/mol. The van der Waals surface area contributed by atoms with Crippen molar-refractivity contribution < 1.29 is 5.11 Å². The van der Waals surface area contributed by atoms with E-state index in [1.54, 1.807) is 28.6 Å². The van der Waals surface area contributed by atoms with Crippen LogP contribution >= 0.6 is 23.1 Å². The summed E-state index contributed by atoms with van der Waals surface area (Å²) in [6.45, 7) is 0.0835. The third-order valence-electron chi connectivity index (χ3n) is 2.76. The number of hydrogen-bond donors (Lipinski definition) is 2. The summed E-state index contributed by atoms with van der Waals surface area (Å²) in [4.78, 5) is 0. The summed E-state index contributed by atoms with van der Waals surface area (Å²) in [6, 6.07) is 0. The Kier molecular flexibility index (Phi) is 3.60. The van der Waals surface area contributed by atoms with Crippen LogP contribution in [0.1, 0.15) is 25.7 Å². The van der Waals surface area contributed by atoms with Gasteiger partial charge < -0.3 is 10.8 Å². The zero-order valence-electron chi connectivity index (χ0n) is 8.43. The summed E-state index contributed by atoms with van der Waals surface area (Å²) in [5.74, 6) is 0. The largest absolute Gasteiger partial charge is 0.394 e. The maximum atomic E-state index is 9.23. The molecule has 0 saturated heterocycles. The third kappa shape index (κ3) is 2.90. The second-order valence-corrected chi connectivity index (χ2v) is 6.44. The summed E-state index contributed by atoms with van der Waals surface area (Å²) in [6.07, 6.45) is 4.04. The molecule has 0 radical (unpaired) electrons. The van der Waals surface area contributed by atoms with Crippen LogP contribution in [0.4, 0.5) is 0 Å². The molecule has 84 valence electrons. The zero-order valence-corrected chi connectivity index (χ0v) is 10.1. The van der Waals surface area contributed by atoms with Crippen molar-refractivity contribution in [2.24, 2.45) is 5.73 Å². The summed E-state index contributed by atoms with van der Waals surface area (Å²) >= 11 is 3.30. The molecule has 1 aromatic rings. The van der Waals surface area contributed by atoms with E-state index < -0.39 is 0 Å². The number of nitrogens with zero attached hydrogens (tertiary/aromatic N) is 2. The maximum absolute atomic E-state index is 9.23. The van der Waals surface area contributed by atoms with Crippen molar-refractivity contribution in [2.75, 3.05) is 6.61 Å². The highest BCUT2D eigenvalue weighted by molar-refractivity contribution is 8.01. The van der Waals surface area contributed by atoms with Crippen LogP contribution in [0, 0.1) is 0 Å². The Bertz CT molecular complexity index is 306. The average Bonchev–Trinajstić information content (AvgIpc) is 2.71. The normalized spacial score (nSPS) is 31.7. The SMILES string of the molecule is NC1(CO)CCCC(Sc2nncs2)C1. The number of rotatable bonds is 3. The Hall–Kier alpha value is -0.170. The van der Waals surface area contributed by atoms with Gasteiger partial charge in [-0.25, -0.2) is 0 Å². The lowest BCUT2D eigenvalue weighted by molar-refractivity contribution is 0.159. The van der Waals surface area contributed by atoms with Gasteiger partial charge in [-0.05, 0) is 19.3 Å². The Balaban J connectivity index is 1.93. The smallest absolute Gasteiger partial charge is 0.174 e. The van der Waals surface area contributed by atoms with Crippen LogP contribution < -0.4 is 5.73 Å². The van der Waals surface area contributed by atoms with E-state index in [0.29, 0.717) is 5.25 Å². The number of aliphatic hydroxyl groups is 1. The minimum atomic E-state index is -0.374. The van der Waals surface area contributed by atoms with Gasteiger partial charge in [-0.15, -0.1) is 10.2 Å². The number of aromatic nitrogens is 2. The molecule has 0 aliphatic heterocycles. The number of aliphatic hydroxyl groups excluding tert-OH is 1. The predicted octanol–water partition coefficient (Wildman–Crippen LogP) is 1.26. The van der Waals surface area contributed by atoms with Crippen molar-refractivity contribution in [1.82, 2.24) is 10.2 Å². The Morgan fingerprint density at radius 1 is 1.73 bits per heavy atom. The van der Waals surface area contributed by atoms with Crippen LogP contribution in [0.2, 0.25) is 0 Å². The van der Waals surface area contributed by atoms with E-state index in [1.807, 2.05) is 0 Å². The van der Waals surface area contributed by atoms with Gasteiger partial charge in [0.1, 0.15) is 5.51 Å². The number of thioether (sulfide) groups is 1. The highest BCUT2D eigenvalue weighted by Gasteiger charge is 2.32. The van der Waals surface area contributed by atoms with Crippen molar-refractivity contribution in [3.8, 4) is 0 Å². The van der Waals surface area contributed by atoms with E-state index in [4.69, 9.17) is 5.73 Å². The second-order valence-electron chi connectivity index (χ2n) is 4.06. The van der Waals surface area contributed by atoms with Crippen LogP contribution in [-0.2, 0) is 0 Å². The fourth-order valence-corrected chi connectivity index (χ4v) is 4.06. The maximum Gasteiger partial charge on any atom is 0.174 e. The molecule has 15 heavy (non-hydrogen) atoms. The summed E-state index contributed by atoms with van der Waals surface area (Å²) < 4.78 is 1.00. The molecule has 0 amide bonds. The fourth-order valence-electron chi connectivity index (χ4n) is 1.94. The summed E-state index contributed by atoms with van der Waals surface area (Å²) in [5.41, 5.74) is 7.45. The molecular weight excluding hydrogens is 230 g/mol. The van der Waals surface area contributed by atoms with E-state index in [9.17, 15) is 5.11 Å². The highest BCUT2D eigenvalue weighted by atomic mass is 32.2. The van der Waals surface area contributed by atoms with E-state index in [-0.39, 0.29) is 12.1 Å². The second kappa shape index (κ2) is 4.78. The quantitative estimate of drug-likeness (QED) is 0.839. The van der Waals surface area contributed by atoms with Crippen molar-refractivity contribution >= 4 is 23.1 Å². The van der Waals surface area contributed by atoms with Gasteiger partial charge in [0.15, 0.2) is 4.34 Å². The van der Waals surface area contributed by atoms with Crippen molar-refractivity contribution in [1.29, 1.82) is 0 Å². The van der Waals surface area contributed by atoms with Gasteiger partial charge in [0.25, 0.3) is 0 Å². The Morgan fingerprint density at radius 2 is 2.60 bits per heavy atom. The Morgan fingerprint density at radius 3 is 3.27 bits per heavy atom. The highest BCUT2D eigenvalue weighted by Crippen LogP contribution is 2.37. The third-order valence-corrected chi connectivity index (χ3v) is 4.84. The average molecular weight is 245 g/mol. The first-order chi connectivity index (χ1) is 7.22. The van der Waals surface area contributed by atoms with Crippen LogP contribution in [0.3, 0.4) is 0 Å². The number of nitrogens with two attached hydrogens (primary N) is 1. The molecule has 1 saturated carbocycles. The molecule has 1 fully saturated rings. The van der Waals surface area contributed by atoms with Crippen LogP contribution in [0.5, 0.6) is 0 Å². The first-order valence-corrected chi connectivity index (χ1v) is 6.80. The fraction of sp³-hybridized carbons (Fsp3) is 0.778. The first-order valence-electron chi connectivity index (χ1n) is 5.04. The molecule has 2 rings (SSSR count). The molecular formula is C9H15N3OS2. The van der Waals surface area contributed by atoms with E-state index in [0.717, 1.165) is 30.0 Å². The lowest BCUT2D eigenvalue weighted by Gasteiger charge is -2.35. The molecule has 2 unspecified atom stereocenters. The van der Waals surface area contributed by atoms with Gasteiger partial charge in [-0.1, -0.05) is 29.5 Å². The molecule has 4 nitrogen and oxygen atoms in total. The first kappa shape index (κ1) is 11.3. The van der Waals surface area contributed by atoms with Crippen LogP contribution in [0.25, 0.3) is 0 Å². The minimum absolute atomic E-state index is 0.0835. The van der Waals surface area contributed by atoms with Crippen molar-refractivity contribution in [3.05, 3.63) is 5.51 Å². The molecule has 0 aromatic carbocycles. The lowest BCUT2D eigenvalue weighted by Crippen LogP contribution is -2.48. The minimum Gasteiger partial charge on any atom is -0.394 e. The van der Waals surface area contributed by atoms with Gasteiger partial charge in [0.05, 0.1) is 6.61 Å². The van der Waals surface area contributed by atoms with Crippen molar-refractivity contribution in [2.45, 2.75) is 40.8 Å². The number of hydrogen-bond acceptors (Lipinski definition) is 6. The zero-order chi connectivity index (χ0) is 10.7. The molecule has 2 atom stereocenters. The van der Waals surface area contributed by atoms with Crippen LogP contribution in [-0.4, -0.2) is 32.7 Å². The monoisotopic (exact) mass is 245 g/mol. The molecule has 1 aromatic heterocycles. The molecule has 1 aliphatic carbocycles. The molecule has 0 spiro atoms. The Labute approximate surface area is 97.3 Å². The van der Waals surface area contributed by atoms with E-state index >= 15 is 0 Å². The standard InChI is InChI=1S/C9H15N3OS2/c10-9(5-13)3-1-2-7(4-9)15-8-12-11-6-14-8/h6-7,13H,1-5,10H2. The molecule has 1 aliphatic rings. The molecule has 6 heteroatoms. The van der Waals surface area contributed by atoms with Gasteiger partial charge in [0.2, 0.25) is 0 Å². The van der Waals surface area contributed by atoms with Gasteiger partial charge in [-0.3, -0.25) is 0 Å². The van der Waals surface area contributed by atoms with Crippen molar-refractivity contribution in [3.63, 3.8) is 0 Å². The summed E-state index contributed by atoms with van der Waals surface area (Å²) in [7, 11) is 0. The summed E-state index contributed by atoms with van der Waals surface area (Å²) in [5, 5.41) is 17.5. The van der Waals surface area contributed by atoms with E-state index in [2.05, 4.69) is 10.2 Å². The molecule has 3 N–H and O–H groups in total. The van der Waals surface area contributed by atoms with E-state index in [1.165, 1.54) is 0 Å². The molecule has 1 heterocycles. The van der Waals surface area contributed by atoms with Gasteiger partial charge in [0, 0.05) is 10.8 Å². The van der Waals surface area contributed by atoms with Gasteiger partial charge in [-0.2, -0.15) is 0 Å². The molecule has 0 bridgehead atoms. The van der Waals surface area contributed by atoms with Gasteiger partial charge >= 0.3 is 0 Å². The lowest BCUT2D eigenvalue weighted by atomic mass is 9.83. The topological polar surface area (TPSA) is 72.0 Å². The van der Waals surface area contributed by atoms with Crippen LogP contribution in [0.15, 0.2) is 9.85 Å².